The molecule has 2 unspecified atom stereocenters. The molecule has 1 aliphatic rings. The van der Waals surface area contributed by atoms with Gasteiger partial charge in [0.15, 0.2) is 0 Å². The SMILES string of the molecule is O=[C]CNC1CC1c1ccc(F)cc1. The lowest BCUT2D eigenvalue weighted by Crippen LogP contribution is -2.19. The third-order valence-electron chi connectivity index (χ3n) is 2.53. The van der Waals surface area contributed by atoms with Gasteiger partial charge in [0, 0.05) is 12.0 Å². The number of nitrogens with one attached hydrogen (secondary N) is 1. The van der Waals surface area contributed by atoms with Crippen LogP contribution in [0.4, 0.5) is 4.39 Å². The lowest BCUT2D eigenvalue weighted by atomic mass is 10.1. The summed E-state index contributed by atoms with van der Waals surface area (Å²) < 4.78 is 12.6. The molecule has 0 heterocycles. The molecule has 1 aromatic rings. The highest BCUT2D eigenvalue weighted by atomic mass is 19.1. The second-order valence-corrected chi connectivity index (χ2v) is 3.53. The largest absolute Gasteiger partial charge is 0.306 e. The Hall–Kier alpha value is -1.22. The molecule has 1 aromatic carbocycles. The molecule has 14 heavy (non-hydrogen) atoms. The predicted molar refractivity (Wildman–Crippen MR) is 51.2 cm³/mol. The number of rotatable bonds is 4. The molecule has 1 N–H and O–H groups in total. The van der Waals surface area contributed by atoms with Crippen LogP contribution < -0.4 is 5.32 Å². The van der Waals surface area contributed by atoms with Crippen molar-refractivity contribution in [1.82, 2.24) is 5.32 Å². The zero-order valence-corrected chi connectivity index (χ0v) is 7.66. The molecule has 2 atom stereocenters. The number of hydrogen-bond acceptors (Lipinski definition) is 2. The summed E-state index contributed by atoms with van der Waals surface area (Å²) in [7, 11) is 0. The van der Waals surface area contributed by atoms with Gasteiger partial charge in [0.2, 0.25) is 6.29 Å². The molecule has 1 aliphatic carbocycles. The summed E-state index contributed by atoms with van der Waals surface area (Å²) in [6.45, 7) is 0.280. The van der Waals surface area contributed by atoms with Crippen molar-refractivity contribution in [3.8, 4) is 0 Å². The van der Waals surface area contributed by atoms with Crippen molar-refractivity contribution in [2.24, 2.45) is 0 Å². The summed E-state index contributed by atoms with van der Waals surface area (Å²) in [4.78, 5) is 9.99. The van der Waals surface area contributed by atoms with Gasteiger partial charge in [-0.05, 0) is 24.1 Å². The lowest BCUT2D eigenvalue weighted by molar-refractivity contribution is 0.547. The van der Waals surface area contributed by atoms with Gasteiger partial charge in [-0.15, -0.1) is 0 Å². The van der Waals surface area contributed by atoms with E-state index >= 15 is 0 Å². The smallest absolute Gasteiger partial charge is 0.213 e. The third kappa shape index (κ3) is 1.99. The molecule has 0 aliphatic heterocycles. The Morgan fingerprint density at radius 2 is 2.14 bits per heavy atom. The van der Waals surface area contributed by atoms with E-state index in [2.05, 4.69) is 5.32 Å². The van der Waals surface area contributed by atoms with Crippen LogP contribution in [-0.2, 0) is 4.79 Å². The summed E-state index contributed by atoms with van der Waals surface area (Å²) in [6, 6.07) is 6.90. The maximum atomic E-state index is 12.6. The summed E-state index contributed by atoms with van der Waals surface area (Å²) in [5.41, 5.74) is 1.13. The normalized spacial score (nSPS) is 24.6. The van der Waals surface area contributed by atoms with E-state index in [1.807, 2.05) is 0 Å². The highest BCUT2D eigenvalue weighted by molar-refractivity contribution is 5.53. The predicted octanol–water partition coefficient (Wildman–Crippen LogP) is 1.38. The molecule has 0 bridgehead atoms. The molecular weight excluding hydrogens is 181 g/mol. The number of halogens is 1. The van der Waals surface area contributed by atoms with Gasteiger partial charge in [0.05, 0.1) is 6.54 Å². The number of hydrogen-bond donors (Lipinski definition) is 1. The fraction of sp³-hybridized carbons (Fsp3) is 0.364. The highest BCUT2D eigenvalue weighted by Gasteiger charge is 2.37. The van der Waals surface area contributed by atoms with Gasteiger partial charge in [0.25, 0.3) is 0 Å². The minimum Gasteiger partial charge on any atom is -0.306 e. The maximum absolute atomic E-state index is 12.6. The summed E-state index contributed by atoms with van der Waals surface area (Å²) in [6.07, 6.45) is 2.82. The zero-order chi connectivity index (χ0) is 9.97. The van der Waals surface area contributed by atoms with E-state index < -0.39 is 0 Å². The Balaban J connectivity index is 1.92. The molecule has 0 saturated heterocycles. The summed E-state index contributed by atoms with van der Waals surface area (Å²) >= 11 is 0. The van der Waals surface area contributed by atoms with E-state index in [1.54, 1.807) is 18.4 Å². The first-order valence-corrected chi connectivity index (χ1v) is 4.65. The Morgan fingerprint density at radius 1 is 1.43 bits per heavy atom. The standard InChI is InChI=1S/C11H11FNO/c12-9-3-1-8(2-4-9)10-7-11(10)13-5-6-14/h1-4,10-11,13H,5,7H2. The maximum Gasteiger partial charge on any atom is 0.213 e. The van der Waals surface area contributed by atoms with Crippen LogP contribution in [0.2, 0.25) is 0 Å². The van der Waals surface area contributed by atoms with Gasteiger partial charge in [-0.2, -0.15) is 0 Å². The van der Waals surface area contributed by atoms with Gasteiger partial charge >= 0.3 is 0 Å². The summed E-state index contributed by atoms with van der Waals surface area (Å²) in [5.74, 6) is 0.226. The van der Waals surface area contributed by atoms with Gasteiger partial charge in [-0.25, -0.2) is 4.39 Å². The average molecular weight is 192 g/mol. The van der Waals surface area contributed by atoms with Crippen LogP contribution in [0, 0.1) is 5.82 Å². The van der Waals surface area contributed by atoms with E-state index in [1.165, 1.54) is 12.1 Å². The van der Waals surface area contributed by atoms with Crippen LogP contribution in [0.1, 0.15) is 17.9 Å². The van der Waals surface area contributed by atoms with Crippen LogP contribution in [0.15, 0.2) is 24.3 Å². The molecule has 2 nitrogen and oxygen atoms in total. The van der Waals surface area contributed by atoms with Crippen LogP contribution in [-0.4, -0.2) is 18.9 Å². The molecule has 0 amide bonds. The molecule has 73 valence electrons. The molecule has 3 heteroatoms. The molecule has 1 saturated carbocycles. The first-order valence-electron chi connectivity index (χ1n) is 4.65. The average Bonchev–Trinajstić information content (AvgIpc) is 2.95. The van der Waals surface area contributed by atoms with Crippen LogP contribution in [0.3, 0.4) is 0 Å². The molecule has 0 spiro atoms. The van der Waals surface area contributed by atoms with E-state index in [9.17, 15) is 9.18 Å². The fourth-order valence-corrected chi connectivity index (χ4v) is 1.67. The highest BCUT2D eigenvalue weighted by Crippen LogP contribution is 2.40. The van der Waals surface area contributed by atoms with Gasteiger partial charge in [-0.3, -0.25) is 4.79 Å². The van der Waals surface area contributed by atoms with E-state index in [0.29, 0.717) is 12.0 Å². The van der Waals surface area contributed by atoms with Gasteiger partial charge in [0.1, 0.15) is 5.82 Å². The van der Waals surface area contributed by atoms with Crippen molar-refractivity contribution in [3.05, 3.63) is 35.6 Å². The minimum atomic E-state index is -0.208. The number of carbonyl (C=O) groups excluding carboxylic acids is 1. The second kappa shape index (κ2) is 3.88. The molecule has 2 rings (SSSR count). The monoisotopic (exact) mass is 192 g/mol. The van der Waals surface area contributed by atoms with E-state index in [4.69, 9.17) is 0 Å². The first-order chi connectivity index (χ1) is 6.81. The van der Waals surface area contributed by atoms with Crippen molar-refractivity contribution in [1.29, 1.82) is 0 Å². The Bertz CT molecular complexity index is 323. The van der Waals surface area contributed by atoms with Crippen LogP contribution in [0.25, 0.3) is 0 Å². The molecular formula is C11H11FNO. The molecule has 1 radical (unpaired) electrons. The lowest BCUT2D eigenvalue weighted by Gasteiger charge is -2.00. The fourth-order valence-electron chi connectivity index (χ4n) is 1.67. The summed E-state index contributed by atoms with van der Waals surface area (Å²) in [5, 5.41) is 3.05. The topological polar surface area (TPSA) is 29.1 Å². The van der Waals surface area contributed by atoms with Crippen LogP contribution >= 0.6 is 0 Å². The Labute approximate surface area is 82.1 Å². The van der Waals surface area contributed by atoms with Crippen molar-refractivity contribution in [2.75, 3.05) is 6.54 Å². The van der Waals surface area contributed by atoms with E-state index in [0.717, 1.165) is 12.0 Å². The van der Waals surface area contributed by atoms with Crippen molar-refractivity contribution < 1.29 is 9.18 Å². The van der Waals surface area contributed by atoms with Crippen molar-refractivity contribution in [3.63, 3.8) is 0 Å². The molecule has 1 fully saturated rings. The van der Waals surface area contributed by atoms with Crippen molar-refractivity contribution >= 4 is 6.29 Å². The number of benzene rings is 1. The quantitative estimate of drug-likeness (QED) is 0.780. The third-order valence-corrected chi connectivity index (χ3v) is 2.53. The first kappa shape index (κ1) is 9.34. The van der Waals surface area contributed by atoms with Gasteiger partial charge < -0.3 is 5.32 Å². The Morgan fingerprint density at radius 3 is 2.79 bits per heavy atom. The van der Waals surface area contributed by atoms with Crippen LogP contribution in [0.5, 0.6) is 0 Å². The van der Waals surface area contributed by atoms with E-state index in [-0.39, 0.29) is 12.4 Å². The molecule has 0 aromatic heterocycles. The minimum absolute atomic E-state index is 0.208. The Kier molecular flexibility index (Phi) is 2.59. The zero-order valence-electron chi connectivity index (χ0n) is 7.66. The van der Waals surface area contributed by atoms with Crippen molar-refractivity contribution in [2.45, 2.75) is 18.4 Å². The van der Waals surface area contributed by atoms with Gasteiger partial charge in [-0.1, -0.05) is 12.1 Å². The second-order valence-electron chi connectivity index (χ2n) is 3.53.